The highest BCUT2D eigenvalue weighted by Gasteiger charge is 2.37. The summed E-state index contributed by atoms with van der Waals surface area (Å²) in [4.78, 5) is 19.8. The standard InChI is InChI=1S/C15H16F3N7OS/c1-4-5-11-22-23-14(27-11)20-10(26)6-9-7(2)19-13-21-12(15(16,17)18)24-25(13)8(9)3/h4-6H2,1-3H3,(H,20,23,26). The summed E-state index contributed by atoms with van der Waals surface area (Å²) in [6.07, 6.45) is -3.05. The van der Waals surface area contributed by atoms with Crippen LogP contribution in [0.5, 0.6) is 0 Å². The molecule has 0 aromatic carbocycles. The van der Waals surface area contributed by atoms with E-state index in [0.717, 1.165) is 22.4 Å². The molecule has 0 aliphatic carbocycles. The van der Waals surface area contributed by atoms with Gasteiger partial charge in [0.25, 0.3) is 11.6 Å². The van der Waals surface area contributed by atoms with Gasteiger partial charge in [-0.15, -0.1) is 15.3 Å². The second-order valence-electron chi connectivity index (χ2n) is 5.88. The number of carbonyl (C=O) groups is 1. The molecule has 0 fully saturated rings. The van der Waals surface area contributed by atoms with E-state index in [4.69, 9.17) is 0 Å². The van der Waals surface area contributed by atoms with Crippen molar-refractivity contribution in [1.82, 2.24) is 29.8 Å². The van der Waals surface area contributed by atoms with Crippen LogP contribution in [-0.2, 0) is 23.8 Å². The number of rotatable bonds is 5. The zero-order valence-corrected chi connectivity index (χ0v) is 15.6. The third kappa shape index (κ3) is 4.04. The van der Waals surface area contributed by atoms with Gasteiger partial charge in [0.2, 0.25) is 11.0 Å². The van der Waals surface area contributed by atoms with E-state index in [2.05, 4.69) is 30.6 Å². The van der Waals surface area contributed by atoms with Crippen molar-refractivity contribution in [3.05, 3.63) is 27.8 Å². The predicted molar refractivity (Wildman–Crippen MR) is 91.5 cm³/mol. The fraction of sp³-hybridized carbons (Fsp3) is 0.467. The smallest absolute Gasteiger partial charge is 0.300 e. The molecule has 3 aromatic rings. The third-order valence-electron chi connectivity index (χ3n) is 3.82. The average molecular weight is 399 g/mol. The topological polar surface area (TPSA) is 98.0 Å². The molecule has 144 valence electrons. The monoisotopic (exact) mass is 399 g/mol. The van der Waals surface area contributed by atoms with Gasteiger partial charge in [0.15, 0.2) is 0 Å². The molecule has 0 saturated heterocycles. The Morgan fingerprint density at radius 2 is 1.96 bits per heavy atom. The fourth-order valence-electron chi connectivity index (χ4n) is 2.53. The van der Waals surface area contributed by atoms with Gasteiger partial charge in [-0.05, 0) is 20.3 Å². The second kappa shape index (κ2) is 7.18. The maximum absolute atomic E-state index is 12.8. The summed E-state index contributed by atoms with van der Waals surface area (Å²) in [6.45, 7) is 5.20. The van der Waals surface area contributed by atoms with E-state index in [9.17, 15) is 18.0 Å². The zero-order valence-electron chi connectivity index (χ0n) is 14.8. The van der Waals surface area contributed by atoms with Gasteiger partial charge in [0.05, 0.1) is 6.42 Å². The number of nitrogens with one attached hydrogen (secondary N) is 1. The summed E-state index contributed by atoms with van der Waals surface area (Å²) in [5, 5.41) is 15.2. The number of hydrogen-bond donors (Lipinski definition) is 1. The van der Waals surface area contributed by atoms with Crippen molar-refractivity contribution in [2.45, 2.75) is 46.2 Å². The van der Waals surface area contributed by atoms with Crippen LogP contribution >= 0.6 is 11.3 Å². The number of aryl methyl sites for hydroxylation is 3. The first kappa shape index (κ1) is 19.1. The lowest BCUT2D eigenvalue weighted by atomic mass is 10.1. The van der Waals surface area contributed by atoms with Crippen molar-refractivity contribution in [3.63, 3.8) is 0 Å². The van der Waals surface area contributed by atoms with Gasteiger partial charge in [-0.3, -0.25) is 4.79 Å². The minimum absolute atomic E-state index is 0.0789. The molecule has 0 unspecified atom stereocenters. The molecule has 8 nitrogen and oxygen atoms in total. The van der Waals surface area contributed by atoms with Gasteiger partial charge >= 0.3 is 6.18 Å². The number of anilines is 1. The van der Waals surface area contributed by atoms with Gasteiger partial charge in [0, 0.05) is 23.4 Å². The highest BCUT2D eigenvalue weighted by atomic mass is 32.1. The van der Waals surface area contributed by atoms with Crippen molar-refractivity contribution in [2.75, 3.05) is 5.32 Å². The first-order valence-electron chi connectivity index (χ1n) is 8.11. The van der Waals surface area contributed by atoms with Gasteiger partial charge in [-0.25, -0.2) is 9.50 Å². The molecule has 1 N–H and O–H groups in total. The average Bonchev–Trinajstić information content (AvgIpc) is 3.18. The van der Waals surface area contributed by atoms with Crippen molar-refractivity contribution < 1.29 is 18.0 Å². The number of fused-ring (bicyclic) bond motifs is 1. The molecule has 0 radical (unpaired) electrons. The SMILES string of the molecule is CCCc1nnc(NC(=O)Cc2c(C)nc3nc(C(F)(F)F)nn3c2C)s1. The number of alkyl halides is 3. The van der Waals surface area contributed by atoms with Crippen LogP contribution in [0, 0.1) is 13.8 Å². The Hall–Kier alpha value is -2.63. The van der Waals surface area contributed by atoms with E-state index in [-0.39, 0.29) is 18.1 Å². The largest absolute Gasteiger partial charge is 0.453 e. The molecule has 0 aliphatic heterocycles. The first-order chi connectivity index (χ1) is 12.7. The van der Waals surface area contributed by atoms with Crippen LogP contribution in [0.2, 0.25) is 0 Å². The quantitative estimate of drug-likeness (QED) is 0.708. The number of hydrogen-bond acceptors (Lipinski definition) is 7. The lowest BCUT2D eigenvalue weighted by molar-refractivity contribution is -0.144. The maximum atomic E-state index is 12.8. The number of halogens is 3. The summed E-state index contributed by atoms with van der Waals surface area (Å²) in [6, 6.07) is 0. The summed E-state index contributed by atoms with van der Waals surface area (Å²) >= 11 is 1.29. The molecule has 3 heterocycles. The minimum atomic E-state index is -4.67. The van der Waals surface area contributed by atoms with E-state index in [1.54, 1.807) is 13.8 Å². The Kier molecular flexibility index (Phi) is 5.09. The number of aromatic nitrogens is 6. The molecule has 3 rings (SSSR count). The van der Waals surface area contributed by atoms with Crippen LogP contribution in [0.25, 0.3) is 5.78 Å². The molecule has 0 spiro atoms. The minimum Gasteiger partial charge on any atom is -0.300 e. The van der Waals surface area contributed by atoms with Gasteiger partial charge in [-0.2, -0.15) is 18.2 Å². The summed E-state index contributed by atoms with van der Waals surface area (Å²) < 4.78 is 39.5. The summed E-state index contributed by atoms with van der Waals surface area (Å²) in [7, 11) is 0. The Balaban J connectivity index is 1.84. The van der Waals surface area contributed by atoms with Gasteiger partial charge in [-0.1, -0.05) is 18.3 Å². The normalized spacial score (nSPS) is 11.9. The van der Waals surface area contributed by atoms with E-state index in [0.29, 0.717) is 22.1 Å². The number of nitrogens with zero attached hydrogens (tertiary/aromatic N) is 6. The third-order valence-corrected chi connectivity index (χ3v) is 4.72. The molecule has 0 saturated carbocycles. The number of carbonyl (C=O) groups excluding carboxylic acids is 1. The summed E-state index contributed by atoms with van der Waals surface area (Å²) in [5.74, 6) is -1.79. The van der Waals surface area contributed by atoms with Gasteiger partial charge in [0.1, 0.15) is 5.01 Å². The van der Waals surface area contributed by atoms with Crippen molar-refractivity contribution in [3.8, 4) is 0 Å². The Bertz CT molecular complexity index is 995. The molecule has 27 heavy (non-hydrogen) atoms. The molecular weight excluding hydrogens is 383 g/mol. The molecule has 1 amide bonds. The predicted octanol–water partition coefficient (Wildman–Crippen LogP) is 2.75. The van der Waals surface area contributed by atoms with Crippen LogP contribution in [0.15, 0.2) is 0 Å². The molecule has 0 aliphatic rings. The lowest BCUT2D eigenvalue weighted by Gasteiger charge is -2.09. The lowest BCUT2D eigenvalue weighted by Crippen LogP contribution is -2.17. The van der Waals surface area contributed by atoms with Crippen LogP contribution in [0.4, 0.5) is 18.3 Å². The molecule has 3 aromatic heterocycles. The zero-order chi connectivity index (χ0) is 19.8. The van der Waals surface area contributed by atoms with Crippen LogP contribution in [0.3, 0.4) is 0 Å². The van der Waals surface area contributed by atoms with E-state index in [1.165, 1.54) is 11.3 Å². The molecular formula is C15H16F3N7OS. The van der Waals surface area contributed by atoms with Crippen molar-refractivity contribution in [1.29, 1.82) is 0 Å². The molecule has 0 atom stereocenters. The van der Waals surface area contributed by atoms with Gasteiger partial charge < -0.3 is 5.32 Å². The van der Waals surface area contributed by atoms with Crippen LogP contribution in [0.1, 0.15) is 41.1 Å². The highest BCUT2D eigenvalue weighted by Crippen LogP contribution is 2.27. The van der Waals surface area contributed by atoms with E-state index in [1.807, 2.05) is 6.92 Å². The maximum Gasteiger partial charge on any atom is 0.453 e. The number of amides is 1. The van der Waals surface area contributed by atoms with Crippen molar-refractivity contribution >= 4 is 28.2 Å². The summed E-state index contributed by atoms with van der Waals surface area (Å²) in [5.41, 5.74) is 1.27. The Morgan fingerprint density at radius 1 is 1.22 bits per heavy atom. The highest BCUT2D eigenvalue weighted by molar-refractivity contribution is 7.15. The van der Waals surface area contributed by atoms with Crippen LogP contribution in [-0.4, -0.2) is 35.7 Å². The Labute approximate surface area is 155 Å². The molecule has 0 bridgehead atoms. The fourth-order valence-corrected chi connectivity index (χ4v) is 3.38. The Morgan fingerprint density at radius 3 is 2.63 bits per heavy atom. The van der Waals surface area contributed by atoms with E-state index >= 15 is 0 Å². The van der Waals surface area contributed by atoms with E-state index < -0.39 is 12.0 Å². The second-order valence-corrected chi connectivity index (χ2v) is 6.94. The molecule has 12 heteroatoms. The first-order valence-corrected chi connectivity index (χ1v) is 8.93. The van der Waals surface area contributed by atoms with Crippen LogP contribution < -0.4 is 5.32 Å². The van der Waals surface area contributed by atoms with Crippen molar-refractivity contribution in [2.24, 2.45) is 0 Å².